The first-order valence-corrected chi connectivity index (χ1v) is 10.7. The number of amides is 2. The third-order valence-corrected chi connectivity index (χ3v) is 5.23. The van der Waals surface area contributed by atoms with Crippen molar-refractivity contribution < 1.29 is 24.6 Å². The molecule has 0 radical (unpaired) electrons. The van der Waals surface area contributed by atoms with Gasteiger partial charge in [-0.05, 0) is 23.3 Å². The third-order valence-electron chi connectivity index (χ3n) is 5.23. The molecule has 178 valence electrons. The van der Waals surface area contributed by atoms with Gasteiger partial charge in [0.1, 0.15) is 17.8 Å². The summed E-state index contributed by atoms with van der Waals surface area (Å²) >= 11 is 0. The Hall–Kier alpha value is -4.18. The van der Waals surface area contributed by atoms with Crippen molar-refractivity contribution in [2.45, 2.75) is 37.4 Å². The van der Waals surface area contributed by atoms with Gasteiger partial charge in [-0.3, -0.25) is 9.59 Å². The minimum atomic E-state index is -1.19. The Morgan fingerprint density at radius 1 is 0.882 bits per heavy atom. The lowest BCUT2D eigenvalue weighted by Crippen LogP contribution is -2.55. The zero-order valence-electron chi connectivity index (χ0n) is 18.3. The lowest BCUT2D eigenvalue weighted by atomic mass is 10.0. The van der Waals surface area contributed by atoms with Crippen molar-refractivity contribution in [3.63, 3.8) is 0 Å². The van der Waals surface area contributed by atoms with E-state index in [0.29, 0.717) is 11.3 Å². The summed E-state index contributed by atoms with van der Waals surface area (Å²) in [7, 11) is 0. The number of imidazole rings is 1. The molecule has 0 aliphatic carbocycles. The number of aromatic amines is 1. The minimum absolute atomic E-state index is 0.0589. The Morgan fingerprint density at radius 2 is 1.50 bits per heavy atom. The minimum Gasteiger partial charge on any atom is -0.508 e. The number of carbonyl (C=O) groups is 3. The summed E-state index contributed by atoms with van der Waals surface area (Å²) in [6.07, 6.45) is 3.41. The molecule has 0 spiro atoms. The molecule has 0 aliphatic rings. The van der Waals surface area contributed by atoms with Crippen molar-refractivity contribution >= 4 is 17.8 Å². The van der Waals surface area contributed by atoms with Crippen LogP contribution in [0.3, 0.4) is 0 Å². The average molecular weight is 466 g/mol. The number of H-pyrrole nitrogens is 1. The molecule has 3 atom stereocenters. The van der Waals surface area contributed by atoms with Crippen LogP contribution in [0.15, 0.2) is 67.1 Å². The highest BCUT2D eigenvalue weighted by atomic mass is 16.4. The van der Waals surface area contributed by atoms with Crippen LogP contribution in [-0.4, -0.2) is 56.1 Å². The van der Waals surface area contributed by atoms with Gasteiger partial charge in [-0.1, -0.05) is 42.5 Å². The Kier molecular flexibility index (Phi) is 8.36. The molecule has 1 aromatic heterocycles. The van der Waals surface area contributed by atoms with Crippen LogP contribution in [0, 0.1) is 0 Å². The summed E-state index contributed by atoms with van der Waals surface area (Å²) in [5.74, 6) is -2.36. The molecule has 0 fully saturated rings. The number of aliphatic carboxylic acids is 1. The molecule has 2 aromatic carbocycles. The molecule has 2 amide bonds. The summed E-state index contributed by atoms with van der Waals surface area (Å²) in [6, 6.07) is 11.8. The van der Waals surface area contributed by atoms with Crippen LogP contribution >= 0.6 is 0 Å². The van der Waals surface area contributed by atoms with Gasteiger partial charge < -0.3 is 31.6 Å². The topological polar surface area (TPSA) is 170 Å². The van der Waals surface area contributed by atoms with Crippen LogP contribution in [0.4, 0.5) is 0 Å². The molecule has 10 nitrogen and oxygen atoms in total. The number of carboxylic acid groups (broad SMARTS) is 1. The number of phenols is 1. The fourth-order valence-electron chi connectivity index (χ4n) is 3.40. The quantitative estimate of drug-likeness (QED) is 0.240. The lowest BCUT2D eigenvalue weighted by molar-refractivity contribution is -0.142. The molecule has 34 heavy (non-hydrogen) atoms. The highest BCUT2D eigenvalue weighted by Crippen LogP contribution is 2.12. The summed E-state index contributed by atoms with van der Waals surface area (Å²) in [6.45, 7) is 0. The Bertz CT molecular complexity index is 1090. The lowest BCUT2D eigenvalue weighted by Gasteiger charge is -2.23. The number of nitrogens with one attached hydrogen (secondary N) is 3. The van der Waals surface area contributed by atoms with E-state index in [0.717, 1.165) is 5.56 Å². The smallest absolute Gasteiger partial charge is 0.326 e. The average Bonchev–Trinajstić information content (AvgIpc) is 3.33. The second kappa shape index (κ2) is 11.6. The van der Waals surface area contributed by atoms with Crippen molar-refractivity contribution in [2.75, 3.05) is 0 Å². The summed E-state index contributed by atoms with van der Waals surface area (Å²) in [5.41, 5.74) is 8.00. The van der Waals surface area contributed by atoms with Crippen LogP contribution in [0.2, 0.25) is 0 Å². The highest BCUT2D eigenvalue weighted by Gasteiger charge is 2.28. The Balaban J connectivity index is 1.73. The van der Waals surface area contributed by atoms with Gasteiger partial charge >= 0.3 is 5.97 Å². The fraction of sp³-hybridized carbons (Fsp3) is 0.250. The van der Waals surface area contributed by atoms with Gasteiger partial charge in [0.15, 0.2) is 0 Å². The number of benzene rings is 2. The van der Waals surface area contributed by atoms with Crippen molar-refractivity contribution in [1.82, 2.24) is 20.6 Å². The Labute approximate surface area is 196 Å². The first-order valence-electron chi connectivity index (χ1n) is 10.7. The van der Waals surface area contributed by atoms with Crippen molar-refractivity contribution in [3.05, 3.63) is 83.9 Å². The summed E-state index contributed by atoms with van der Waals surface area (Å²) in [5, 5.41) is 24.3. The second-order valence-electron chi connectivity index (χ2n) is 7.89. The number of carboxylic acids is 1. The number of aromatic hydroxyl groups is 1. The van der Waals surface area contributed by atoms with Gasteiger partial charge in [-0.2, -0.15) is 0 Å². The van der Waals surface area contributed by atoms with E-state index in [1.54, 1.807) is 42.6 Å². The SMILES string of the molecule is N[C@@H](Cc1c[nH]cn1)C(=O)N[C@@H](Cc1ccc(O)cc1)C(=O)N[C@@H](Cc1ccccc1)C(=O)O. The first kappa shape index (κ1) is 24.5. The highest BCUT2D eigenvalue weighted by molar-refractivity contribution is 5.92. The van der Waals surface area contributed by atoms with Crippen LogP contribution < -0.4 is 16.4 Å². The van der Waals surface area contributed by atoms with Gasteiger partial charge in [0.05, 0.1) is 18.1 Å². The molecule has 10 heteroatoms. The molecule has 0 saturated carbocycles. The molecule has 0 bridgehead atoms. The summed E-state index contributed by atoms with van der Waals surface area (Å²) in [4.78, 5) is 44.5. The standard InChI is InChI=1S/C24H27N5O5/c25-19(12-17-13-26-14-27-17)22(31)28-20(10-16-6-8-18(30)9-7-16)23(32)29-21(24(33)34)11-15-4-2-1-3-5-15/h1-9,13-14,19-21,30H,10-12,25H2,(H,26,27)(H,28,31)(H,29,32)(H,33,34)/t19-,20-,21-/m0/s1. The maximum absolute atomic E-state index is 13.1. The van der Waals surface area contributed by atoms with E-state index in [-0.39, 0.29) is 25.0 Å². The maximum atomic E-state index is 13.1. The van der Waals surface area contributed by atoms with Gasteiger partial charge in [0.25, 0.3) is 0 Å². The number of rotatable bonds is 11. The third kappa shape index (κ3) is 7.17. The largest absolute Gasteiger partial charge is 0.508 e. The number of carbonyl (C=O) groups excluding carboxylic acids is 2. The molecule has 3 rings (SSSR count). The normalized spacial score (nSPS) is 13.4. The number of phenolic OH excluding ortho intramolecular Hbond substituents is 1. The number of hydrogen-bond donors (Lipinski definition) is 6. The maximum Gasteiger partial charge on any atom is 0.326 e. The Morgan fingerprint density at radius 3 is 2.12 bits per heavy atom. The van der Waals surface area contributed by atoms with Crippen LogP contribution in [-0.2, 0) is 33.6 Å². The van der Waals surface area contributed by atoms with Crippen LogP contribution in [0.1, 0.15) is 16.8 Å². The number of nitrogens with zero attached hydrogens (tertiary/aromatic N) is 1. The number of aromatic nitrogens is 2. The monoisotopic (exact) mass is 465 g/mol. The molecule has 0 aliphatic heterocycles. The van der Waals surface area contributed by atoms with E-state index in [1.165, 1.54) is 18.5 Å². The molecule has 7 N–H and O–H groups in total. The predicted molar refractivity (Wildman–Crippen MR) is 124 cm³/mol. The molecule has 1 heterocycles. The second-order valence-corrected chi connectivity index (χ2v) is 7.89. The van der Waals surface area contributed by atoms with Gasteiger partial charge in [-0.15, -0.1) is 0 Å². The van der Waals surface area contributed by atoms with E-state index in [2.05, 4.69) is 20.6 Å². The van der Waals surface area contributed by atoms with Crippen LogP contribution in [0.5, 0.6) is 5.75 Å². The van der Waals surface area contributed by atoms with E-state index in [4.69, 9.17) is 5.73 Å². The van der Waals surface area contributed by atoms with E-state index < -0.39 is 35.9 Å². The van der Waals surface area contributed by atoms with E-state index in [1.807, 2.05) is 6.07 Å². The zero-order chi connectivity index (χ0) is 24.5. The number of nitrogens with two attached hydrogens (primary N) is 1. The van der Waals surface area contributed by atoms with Crippen molar-refractivity contribution in [1.29, 1.82) is 0 Å². The predicted octanol–water partition coefficient (Wildman–Crippen LogP) is 0.525. The fourth-order valence-corrected chi connectivity index (χ4v) is 3.40. The van der Waals surface area contributed by atoms with Gasteiger partial charge in [0, 0.05) is 25.5 Å². The first-order chi connectivity index (χ1) is 16.3. The van der Waals surface area contributed by atoms with Crippen molar-refractivity contribution in [3.8, 4) is 5.75 Å². The number of hydrogen-bond acceptors (Lipinski definition) is 6. The van der Waals surface area contributed by atoms with E-state index >= 15 is 0 Å². The summed E-state index contributed by atoms with van der Waals surface area (Å²) < 4.78 is 0. The van der Waals surface area contributed by atoms with Gasteiger partial charge in [-0.25, -0.2) is 9.78 Å². The molecule has 0 saturated heterocycles. The molecule has 3 aromatic rings. The zero-order valence-corrected chi connectivity index (χ0v) is 18.3. The molecular formula is C24H27N5O5. The molecular weight excluding hydrogens is 438 g/mol. The molecule has 0 unspecified atom stereocenters. The van der Waals surface area contributed by atoms with Gasteiger partial charge in [0.2, 0.25) is 11.8 Å². The van der Waals surface area contributed by atoms with Crippen molar-refractivity contribution in [2.24, 2.45) is 5.73 Å². The van der Waals surface area contributed by atoms with Crippen LogP contribution in [0.25, 0.3) is 0 Å². The van der Waals surface area contributed by atoms with E-state index in [9.17, 15) is 24.6 Å².